The van der Waals surface area contributed by atoms with E-state index in [9.17, 15) is 4.79 Å². The minimum absolute atomic E-state index is 0.0457. The second kappa shape index (κ2) is 8.72. The predicted molar refractivity (Wildman–Crippen MR) is 97.9 cm³/mol. The van der Waals surface area contributed by atoms with Crippen molar-refractivity contribution in [2.24, 2.45) is 0 Å². The number of benzene rings is 1. The first-order chi connectivity index (χ1) is 12.2. The molecular formula is C20H26N4O. The lowest BCUT2D eigenvalue weighted by Gasteiger charge is -2.24. The van der Waals surface area contributed by atoms with Gasteiger partial charge in [0.25, 0.3) is 0 Å². The van der Waals surface area contributed by atoms with Gasteiger partial charge in [-0.3, -0.25) is 19.7 Å². The van der Waals surface area contributed by atoms with Gasteiger partial charge in [-0.25, -0.2) is 0 Å². The Balaban J connectivity index is 1.57. The Morgan fingerprint density at radius 3 is 2.92 bits per heavy atom. The van der Waals surface area contributed by atoms with E-state index in [2.05, 4.69) is 45.5 Å². The molecule has 1 aliphatic rings. The van der Waals surface area contributed by atoms with Crippen molar-refractivity contribution in [3.8, 4) is 0 Å². The van der Waals surface area contributed by atoms with Crippen LogP contribution in [-0.2, 0) is 17.8 Å². The molecule has 1 fully saturated rings. The molecule has 1 aromatic carbocycles. The van der Waals surface area contributed by atoms with Gasteiger partial charge in [-0.15, -0.1) is 0 Å². The maximum atomic E-state index is 11.1. The van der Waals surface area contributed by atoms with Crippen LogP contribution in [0.3, 0.4) is 0 Å². The van der Waals surface area contributed by atoms with Crippen LogP contribution in [0.1, 0.15) is 49.2 Å². The summed E-state index contributed by atoms with van der Waals surface area (Å²) in [5.41, 5.74) is 3.25. The first kappa shape index (κ1) is 17.5. The van der Waals surface area contributed by atoms with Crippen LogP contribution in [0.4, 0.5) is 0 Å². The number of hydrogen-bond acceptors (Lipinski definition) is 4. The molecule has 0 aliphatic carbocycles. The summed E-state index contributed by atoms with van der Waals surface area (Å²) in [4.78, 5) is 22.7. The van der Waals surface area contributed by atoms with Crippen LogP contribution in [0.15, 0.2) is 42.7 Å². The molecular weight excluding hydrogens is 312 g/mol. The van der Waals surface area contributed by atoms with Crippen molar-refractivity contribution in [1.82, 2.24) is 20.2 Å². The van der Waals surface area contributed by atoms with Crippen LogP contribution in [-0.4, -0.2) is 33.9 Å². The van der Waals surface area contributed by atoms with Crippen LogP contribution in [0, 0.1) is 0 Å². The first-order valence-corrected chi connectivity index (χ1v) is 9.05. The number of rotatable bonds is 7. The first-order valence-electron chi connectivity index (χ1n) is 9.05. The van der Waals surface area contributed by atoms with E-state index in [-0.39, 0.29) is 5.91 Å². The van der Waals surface area contributed by atoms with E-state index in [0.29, 0.717) is 12.6 Å². The van der Waals surface area contributed by atoms with E-state index in [1.54, 1.807) is 6.20 Å². The summed E-state index contributed by atoms with van der Waals surface area (Å²) in [6.07, 6.45) is 8.20. The van der Waals surface area contributed by atoms with Gasteiger partial charge in [0.05, 0.1) is 36.4 Å². The van der Waals surface area contributed by atoms with Crippen LogP contribution < -0.4 is 5.32 Å². The molecule has 5 heteroatoms. The SMILES string of the molecule is CC(=O)NCc1cncc([C@@H]2CCCN2CCCc2ccccc2)n1. The highest BCUT2D eigenvalue weighted by molar-refractivity contribution is 5.72. The fraction of sp³-hybridized carbons (Fsp3) is 0.450. The topological polar surface area (TPSA) is 58.1 Å². The number of nitrogens with zero attached hydrogens (tertiary/aromatic N) is 3. The van der Waals surface area contributed by atoms with Gasteiger partial charge in [0.2, 0.25) is 5.91 Å². The van der Waals surface area contributed by atoms with E-state index in [1.807, 2.05) is 6.20 Å². The second-order valence-corrected chi connectivity index (χ2v) is 6.63. The van der Waals surface area contributed by atoms with Crippen molar-refractivity contribution in [3.05, 3.63) is 59.7 Å². The van der Waals surface area contributed by atoms with Gasteiger partial charge >= 0.3 is 0 Å². The smallest absolute Gasteiger partial charge is 0.217 e. The molecule has 0 bridgehead atoms. The molecule has 132 valence electrons. The van der Waals surface area contributed by atoms with E-state index in [4.69, 9.17) is 4.98 Å². The quantitative estimate of drug-likeness (QED) is 0.843. The Labute approximate surface area is 149 Å². The molecule has 0 radical (unpaired) electrons. The van der Waals surface area contributed by atoms with Crippen LogP contribution in [0.5, 0.6) is 0 Å². The lowest BCUT2D eigenvalue weighted by Crippen LogP contribution is -2.26. The standard InChI is InChI=1S/C20H26N4O/c1-16(25)22-14-18-13-21-15-19(23-18)20-10-6-12-24(20)11-5-9-17-7-3-2-4-8-17/h2-4,7-8,13,15,20H,5-6,9-12,14H2,1H3,(H,22,25)/t20-/m0/s1. The zero-order valence-corrected chi connectivity index (χ0v) is 14.8. The Hall–Kier alpha value is -2.27. The van der Waals surface area contributed by atoms with Crippen LogP contribution >= 0.6 is 0 Å². The van der Waals surface area contributed by atoms with Gasteiger partial charge in [0.1, 0.15) is 0 Å². The summed E-state index contributed by atoms with van der Waals surface area (Å²) in [5, 5.41) is 2.79. The zero-order chi connectivity index (χ0) is 17.5. The largest absolute Gasteiger partial charge is 0.351 e. The Kier molecular flexibility index (Phi) is 6.12. The lowest BCUT2D eigenvalue weighted by atomic mass is 10.1. The number of carbonyl (C=O) groups excluding carboxylic acids is 1. The highest BCUT2D eigenvalue weighted by Gasteiger charge is 2.27. The van der Waals surface area contributed by atoms with Crippen molar-refractivity contribution >= 4 is 5.91 Å². The van der Waals surface area contributed by atoms with Crippen molar-refractivity contribution < 1.29 is 4.79 Å². The summed E-state index contributed by atoms with van der Waals surface area (Å²) in [7, 11) is 0. The van der Waals surface area contributed by atoms with Crippen LogP contribution in [0.25, 0.3) is 0 Å². The van der Waals surface area contributed by atoms with Crippen molar-refractivity contribution in [2.75, 3.05) is 13.1 Å². The summed E-state index contributed by atoms with van der Waals surface area (Å²) in [5.74, 6) is -0.0457. The molecule has 2 heterocycles. The zero-order valence-electron chi connectivity index (χ0n) is 14.8. The van der Waals surface area contributed by atoms with Gasteiger partial charge in [-0.05, 0) is 44.3 Å². The van der Waals surface area contributed by atoms with Gasteiger partial charge < -0.3 is 5.32 Å². The summed E-state index contributed by atoms with van der Waals surface area (Å²) >= 11 is 0. The van der Waals surface area contributed by atoms with Crippen LogP contribution in [0.2, 0.25) is 0 Å². The monoisotopic (exact) mass is 338 g/mol. The fourth-order valence-electron chi connectivity index (χ4n) is 3.44. The molecule has 1 N–H and O–H groups in total. The molecule has 25 heavy (non-hydrogen) atoms. The molecule has 5 nitrogen and oxygen atoms in total. The van der Waals surface area contributed by atoms with Gasteiger partial charge in [0, 0.05) is 6.92 Å². The maximum Gasteiger partial charge on any atom is 0.217 e. The molecule has 1 aliphatic heterocycles. The fourth-order valence-corrected chi connectivity index (χ4v) is 3.44. The number of aromatic nitrogens is 2. The highest BCUT2D eigenvalue weighted by atomic mass is 16.1. The average Bonchev–Trinajstić information content (AvgIpc) is 3.10. The number of amides is 1. The molecule has 1 amide bonds. The third kappa shape index (κ3) is 5.10. The van der Waals surface area contributed by atoms with E-state index in [1.165, 1.54) is 18.9 Å². The second-order valence-electron chi connectivity index (χ2n) is 6.63. The molecule has 0 saturated carbocycles. The lowest BCUT2D eigenvalue weighted by molar-refractivity contribution is -0.119. The Morgan fingerprint density at radius 1 is 1.28 bits per heavy atom. The molecule has 0 unspecified atom stereocenters. The molecule has 1 aromatic heterocycles. The molecule has 1 atom stereocenters. The van der Waals surface area contributed by atoms with Crippen molar-refractivity contribution in [3.63, 3.8) is 0 Å². The van der Waals surface area contributed by atoms with Gasteiger partial charge in [0.15, 0.2) is 0 Å². The summed E-state index contributed by atoms with van der Waals surface area (Å²) in [6, 6.07) is 11.0. The third-order valence-corrected chi connectivity index (χ3v) is 4.68. The van der Waals surface area contributed by atoms with E-state index in [0.717, 1.165) is 43.7 Å². The summed E-state index contributed by atoms with van der Waals surface area (Å²) < 4.78 is 0. The number of likely N-dealkylation sites (tertiary alicyclic amines) is 1. The summed E-state index contributed by atoms with van der Waals surface area (Å²) in [6.45, 7) is 4.16. The molecule has 1 saturated heterocycles. The van der Waals surface area contributed by atoms with E-state index < -0.39 is 0 Å². The normalized spacial score (nSPS) is 17.6. The molecule has 3 rings (SSSR count). The molecule has 0 spiro atoms. The van der Waals surface area contributed by atoms with Gasteiger partial charge in [-0.1, -0.05) is 30.3 Å². The number of hydrogen-bond donors (Lipinski definition) is 1. The van der Waals surface area contributed by atoms with Gasteiger partial charge in [-0.2, -0.15) is 0 Å². The Morgan fingerprint density at radius 2 is 2.12 bits per heavy atom. The average molecular weight is 338 g/mol. The Bertz CT molecular complexity index is 689. The number of nitrogens with one attached hydrogen (secondary N) is 1. The number of aryl methyl sites for hydroxylation is 1. The molecule has 2 aromatic rings. The predicted octanol–water partition coefficient (Wildman–Crippen LogP) is 2.88. The van der Waals surface area contributed by atoms with E-state index >= 15 is 0 Å². The highest BCUT2D eigenvalue weighted by Crippen LogP contribution is 2.30. The maximum absolute atomic E-state index is 11.1. The van der Waals surface area contributed by atoms with Crippen molar-refractivity contribution in [1.29, 1.82) is 0 Å². The minimum Gasteiger partial charge on any atom is -0.351 e. The van der Waals surface area contributed by atoms with Crippen molar-refractivity contribution in [2.45, 2.75) is 45.2 Å². The number of carbonyl (C=O) groups is 1. The minimum atomic E-state index is -0.0457. The third-order valence-electron chi connectivity index (χ3n) is 4.68.